The summed E-state index contributed by atoms with van der Waals surface area (Å²) >= 11 is 0. The molecular weight excluding hydrogens is 258 g/mol. The van der Waals surface area contributed by atoms with E-state index in [4.69, 9.17) is 9.29 Å². The molecule has 0 aliphatic rings. The molecule has 0 bridgehead atoms. The van der Waals surface area contributed by atoms with E-state index in [9.17, 15) is 13.2 Å². The predicted molar refractivity (Wildman–Crippen MR) is 70.4 cm³/mol. The van der Waals surface area contributed by atoms with E-state index in [0.717, 1.165) is 25.7 Å². The van der Waals surface area contributed by atoms with Crippen LogP contribution in [-0.4, -0.2) is 31.3 Å². The van der Waals surface area contributed by atoms with Gasteiger partial charge in [-0.15, -0.1) is 0 Å². The SMILES string of the molecule is CCCCC(=O)OCCCCCCS(=O)(=O)O.N. The normalized spacial score (nSPS) is 10.8. The summed E-state index contributed by atoms with van der Waals surface area (Å²) in [6, 6.07) is 0. The molecule has 0 fully saturated rings. The number of hydrogen-bond donors (Lipinski definition) is 2. The highest BCUT2D eigenvalue weighted by atomic mass is 32.2. The fourth-order valence-electron chi connectivity index (χ4n) is 1.32. The Kier molecular flexibility index (Phi) is 12.5. The monoisotopic (exact) mass is 283 g/mol. The van der Waals surface area contributed by atoms with Crippen LogP contribution >= 0.6 is 0 Å². The summed E-state index contributed by atoms with van der Waals surface area (Å²) in [6.07, 6.45) is 5.01. The Morgan fingerprint density at radius 2 is 1.72 bits per heavy atom. The van der Waals surface area contributed by atoms with Crippen LogP contribution in [0.1, 0.15) is 51.9 Å². The first-order chi connectivity index (χ1) is 7.95. The summed E-state index contributed by atoms with van der Waals surface area (Å²) in [7, 11) is -3.83. The lowest BCUT2D eigenvalue weighted by Gasteiger charge is -2.04. The van der Waals surface area contributed by atoms with Gasteiger partial charge in [0.25, 0.3) is 10.1 Å². The van der Waals surface area contributed by atoms with E-state index in [-0.39, 0.29) is 17.9 Å². The number of carbonyl (C=O) groups excluding carboxylic acids is 1. The largest absolute Gasteiger partial charge is 0.466 e. The summed E-state index contributed by atoms with van der Waals surface area (Å²) in [5, 5.41) is 0. The molecule has 7 heteroatoms. The molecule has 0 aromatic carbocycles. The minimum atomic E-state index is -3.83. The van der Waals surface area contributed by atoms with Crippen molar-refractivity contribution in [3.05, 3.63) is 0 Å². The molecule has 0 aromatic rings. The highest BCUT2D eigenvalue weighted by Crippen LogP contribution is 2.03. The third-order valence-electron chi connectivity index (χ3n) is 2.29. The zero-order chi connectivity index (χ0) is 13.1. The van der Waals surface area contributed by atoms with Crippen molar-refractivity contribution in [1.29, 1.82) is 0 Å². The molecule has 0 saturated carbocycles. The van der Waals surface area contributed by atoms with Gasteiger partial charge in [0.05, 0.1) is 12.4 Å². The van der Waals surface area contributed by atoms with Crippen molar-refractivity contribution in [3.63, 3.8) is 0 Å². The number of esters is 1. The van der Waals surface area contributed by atoms with Crippen molar-refractivity contribution < 1.29 is 22.5 Å². The Morgan fingerprint density at radius 1 is 1.11 bits per heavy atom. The molecule has 0 aliphatic heterocycles. The minimum Gasteiger partial charge on any atom is -0.466 e. The van der Waals surface area contributed by atoms with Gasteiger partial charge in [-0.1, -0.05) is 26.2 Å². The molecule has 0 aromatic heterocycles. The van der Waals surface area contributed by atoms with Gasteiger partial charge in [-0.2, -0.15) is 8.42 Å². The number of carbonyl (C=O) groups is 1. The fourth-order valence-corrected chi connectivity index (χ4v) is 1.89. The molecule has 0 unspecified atom stereocenters. The topological polar surface area (TPSA) is 116 Å². The lowest BCUT2D eigenvalue weighted by Crippen LogP contribution is -2.06. The van der Waals surface area contributed by atoms with Gasteiger partial charge in [0.2, 0.25) is 0 Å². The van der Waals surface area contributed by atoms with Crippen molar-refractivity contribution in [2.75, 3.05) is 12.4 Å². The quantitative estimate of drug-likeness (QED) is 0.361. The highest BCUT2D eigenvalue weighted by molar-refractivity contribution is 7.85. The van der Waals surface area contributed by atoms with Crippen molar-refractivity contribution in [1.82, 2.24) is 6.15 Å². The Morgan fingerprint density at radius 3 is 2.28 bits per heavy atom. The molecule has 0 radical (unpaired) electrons. The molecule has 0 atom stereocenters. The van der Waals surface area contributed by atoms with E-state index >= 15 is 0 Å². The molecule has 0 aliphatic carbocycles. The number of unbranched alkanes of at least 4 members (excludes halogenated alkanes) is 4. The molecule has 0 amide bonds. The smallest absolute Gasteiger partial charge is 0.305 e. The van der Waals surface area contributed by atoms with E-state index in [2.05, 4.69) is 0 Å². The Bertz CT molecular complexity index is 303. The van der Waals surface area contributed by atoms with Crippen molar-refractivity contribution in [2.45, 2.75) is 51.9 Å². The zero-order valence-electron chi connectivity index (χ0n) is 11.1. The average molecular weight is 283 g/mol. The van der Waals surface area contributed by atoms with Crippen LogP contribution in [0.4, 0.5) is 0 Å². The molecule has 0 spiro atoms. The van der Waals surface area contributed by atoms with Crippen LogP contribution in [0, 0.1) is 0 Å². The second-order valence-corrected chi connectivity index (χ2v) is 5.60. The lowest BCUT2D eigenvalue weighted by atomic mass is 10.2. The van der Waals surface area contributed by atoms with Crippen LogP contribution in [0.5, 0.6) is 0 Å². The van der Waals surface area contributed by atoms with Gasteiger partial charge in [-0.3, -0.25) is 9.35 Å². The fraction of sp³-hybridized carbons (Fsp3) is 0.909. The first kappa shape index (κ1) is 19.7. The first-order valence-electron chi connectivity index (χ1n) is 6.06. The van der Waals surface area contributed by atoms with Crippen molar-refractivity contribution >= 4 is 16.1 Å². The molecule has 110 valence electrons. The number of rotatable bonds is 10. The third-order valence-corrected chi connectivity index (χ3v) is 3.10. The summed E-state index contributed by atoms with van der Waals surface area (Å²) < 4.78 is 34.3. The van der Waals surface area contributed by atoms with Gasteiger partial charge in [-0.25, -0.2) is 0 Å². The van der Waals surface area contributed by atoms with Gasteiger partial charge < -0.3 is 10.9 Å². The van der Waals surface area contributed by atoms with Crippen molar-refractivity contribution in [2.24, 2.45) is 0 Å². The Hall–Kier alpha value is -0.660. The molecular formula is C11H25NO5S. The molecule has 0 saturated heterocycles. The van der Waals surface area contributed by atoms with Gasteiger partial charge in [0.1, 0.15) is 0 Å². The second kappa shape index (κ2) is 11.4. The van der Waals surface area contributed by atoms with Crippen LogP contribution in [0.25, 0.3) is 0 Å². The Balaban J connectivity index is 0. The maximum Gasteiger partial charge on any atom is 0.305 e. The van der Waals surface area contributed by atoms with E-state index in [1.165, 1.54) is 0 Å². The summed E-state index contributed by atoms with van der Waals surface area (Å²) in [4.78, 5) is 11.1. The summed E-state index contributed by atoms with van der Waals surface area (Å²) in [5.74, 6) is -0.353. The van der Waals surface area contributed by atoms with Crippen LogP contribution in [0.3, 0.4) is 0 Å². The van der Waals surface area contributed by atoms with E-state index < -0.39 is 10.1 Å². The van der Waals surface area contributed by atoms with Gasteiger partial charge in [-0.05, 0) is 19.3 Å². The standard InChI is InChI=1S/C11H22O5S.H3N/c1-2-3-8-11(12)16-9-6-4-5-7-10-17(13,14)15;/h2-10H2,1H3,(H,13,14,15);1H3. The van der Waals surface area contributed by atoms with Gasteiger partial charge in [0.15, 0.2) is 0 Å². The van der Waals surface area contributed by atoms with E-state index in [0.29, 0.717) is 25.9 Å². The average Bonchev–Trinajstić information content (AvgIpc) is 2.23. The molecule has 0 heterocycles. The van der Waals surface area contributed by atoms with Crippen LogP contribution in [-0.2, 0) is 19.6 Å². The Labute approximate surface area is 109 Å². The maximum absolute atomic E-state index is 11.1. The second-order valence-electron chi connectivity index (χ2n) is 4.02. The summed E-state index contributed by atoms with van der Waals surface area (Å²) in [6.45, 7) is 2.41. The first-order valence-corrected chi connectivity index (χ1v) is 7.67. The molecule has 6 nitrogen and oxygen atoms in total. The van der Waals surface area contributed by atoms with E-state index in [1.807, 2.05) is 6.92 Å². The van der Waals surface area contributed by atoms with Crippen molar-refractivity contribution in [3.8, 4) is 0 Å². The van der Waals surface area contributed by atoms with E-state index in [1.54, 1.807) is 0 Å². The van der Waals surface area contributed by atoms with Crippen LogP contribution < -0.4 is 6.15 Å². The molecule has 18 heavy (non-hydrogen) atoms. The lowest BCUT2D eigenvalue weighted by molar-refractivity contribution is -0.143. The van der Waals surface area contributed by atoms with Gasteiger partial charge >= 0.3 is 5.97 Å². The molecule has 4 N–H and O–H groups in total. The van der Waals surface area contributed by atoms with Crippen LogP contribution in [0.2, 0.25) is 0 Å². The maximum atomic E-state index is 11.1. The highest BCUT2D eigenvalue weighted by Gasteiger charge is 2.04. The van der Waals surface area contributed by atoms with Crippen LogP contribution in [0.15, 0.2) is 0 Å². The number of hydrogen-bond acceptors (Lipinski definition) is 5. The molecule has 0 rings (SSSR count). The third kappa shape index (κ3) is 15.3. The summed E-state index contributed by atoms with van der Waals surface area (Å²) in [5.41, 5.74) is 0. The van der Waals surface area contributed by atoms with Gasteiger partial charge in [0, 0.05) is 6.42 Å². The number of ether oxygens (including phenoxy) is 1. The minimum absolute atomic E-state index is 0. The predicted octanol–water partition coefficient (Wildman–Crippen LogP) is 2.33. The zero-order valence-corrected chi connectivity index (χ0v) is 11.9.